The summed E-state index contributed by atoms with van der Waals surface area (Å²) in [6, 6.07) is 9.55. The Balaban J connectivity index is 2.14. The second-order valence-electron chi connectivity index (χ2n) is 3.31. The third kappa shape index (κ3) is 2.91. The molecule has 0 aliphatic heterocycles. The molecule has 0 saturated carbocycles. The van der Waals surface area contributed by atoms with Crippen molar-refractivity contribution in [1.82, 2.24) is 9.78 Å². The van der Waals surface area contributed by atoms with Crippen LogP contribution in [-0.2, 0) is 0 Å². The fourth-order valence-corrected chi connectivity index (χ4v) is 1.30. The molecule has 6 heteroatoms. The van der Waals surface area contributed by atoms with Gasteiger partial charge in [-0.15, -0.1) is 5.10 Å². The molecule has 0 spiro atoms. The second-order valence-corrected chi connectivity index (χ2v) is 3.31. The van der Waals surface area contributed by atoms with Crippen LogP contribution in [0, 0.1) is 0 Å². The van der Waals surface area contributed by atoms with E-state index >= 15 is 0 Å². The lowest BCUT2D eigenvalue weighted by atomic mass is 10.2. The topological polar surface area (TPSA) is 94.6 Å². The first kappa shape index (κ1) is 10.9. The van der Waals surface area contributed by atoms with E-state index in [1.54, 1.807) is 17.1 Å². The van der Waals surface area contributed by atoms with Gasteiger partial charge < -0.3 is 11.5 Å². The van der Waals surface area contributed by atoms with Gasteiger partial charge in [0.15, 0.2) is 0 Å². The fraction of sp³-hybridized carbons (Fsp3) is 0. The molecular formula is C11H12N6. The van der Waals surface area contributed by atoms with Crippen molar-refractivity contribution in [3.05, 3.63) is 48.3 Å². The van der Waals surface area contributed by atoms with Gasteiger partial charge in [-0.25, -0.2) is 4.68 Å². The minimum atomic E-state index is -0.0607. The van der Waals surface area contributed by atoms with Crippen LogP contribution in [0.4, 0.5) is 0 Å². The van der Waals surface area contributed by atoms with Crippen LogP contribution in [0.15, 0.2) is 52.9 Å². The normalized spacial score (nSPS) is 10.6. The average molecular weight is 228 g/mol. The number of hydrogen-bond acceptors (Lipinski definition) is 3. The lowest BCUT2D eigenvalue weighted by Crippen LogP contribution is -2.21. The summed E-state index contributed by atoms with van der Waals surface area (Å²) in [5.74, 6) is -0.0607. The predicted octanol–water partition coefficient (Wildman–Crippen LogP) is 0.480. The van der Waals surface area contributed by atoms with E-state index in [0.717, 1.165) is 11.3 Å². The Bertz CT molecular complexity index is 520. The van der Waals surface area contributed by atoms with Crippen molar-refractivity contribution >= 4 is 12.2 Å². The van der Waals surface area contributed by atoms with E-state index in [1.807, 2.05) is 36.5 Å². The quantitative estimate of drug-likeness (QED) is 0.454. The van der Waals surface area contributed by atoms with Crippen LogP contribution in [0.3, 0.4) is 0 Å². The third-order valence-corrected chi connectivity index (χ3v) is 2.04. The lowest BCUT2D eigenvalue weighted by molar-refractivity contribution is 0.880. The highest BCUT2D eigenvalue weighted by atomic mass is 15.3. The van der Waals surface area contributed by atoms with Crippen LogP contribution in [0.25, 0.3) is 5.69 Å². The molecule has 0 unspecified atom stereocenters. The molecule has 17 heavy (non-hydrogen) atoms. The van der Waals surface area contributed by atoms with Gasteiger partial charge in [0.1, 0.15) is 0 Å². The summed E-state index contributed by atoms with van der Waals surface area (Å²) in [4.78, 5) is 0. The summed E-state index contributed by atoms with van der Waals surface area (Å²) < 4.78 is 1.77. The Hall–Kier alpha value is -2.63. The highest BCUT2D eigenvalue weighted by Gasteiger charge is 1.94. The molecule has 0 radical (unpaired) electrons. The molecule has 4 N–H and O–H groups in total. The van der Waals surface area contributed by atoms with E-state index in [0.29, 0.717) is 0 Å². The van der Waals surface area contributed by atoms with E-state index < -0.39 is 0 Å². The number of benzene rings is 1. The maximum absolute atomic E-state index is 5.15. The van der Waals surface area contributed by atoms with Crippen molar-refractivity contribution < 1.29 is 0 Å². The number of hydrogen-bond donors (Lipinski definition) is 2. The minimum absolute atomic E-state index is 0.0607. The van der Waals surface area contributed by atoms with E-state index in [9.17, 15) is 0 Å². The molecular weight excluding hydrogens is 216 g/mol. The summed E-state index contributed by atoms with van der Waals surface area (Å²) in [5, 5.41) is 11.4. The number of aromatic nitrogens is 2. The third-order valence-electron chi connectivity index (χ3n) is 2.04. The molecule has 1 aromatic heterocycles. The maximum atomic E-state index is 5.15. The molecule has 1 heterocycles. The molecule has 0 fully saturated rings. The Morgan fingerprint density at radius 1 is 1.24 bits per heavy atom. The number of guanidine groups is 1. The largest absolute Gasteiger partial charge is 0.369 e. The Labute approximate surface area is 98.3 Å². The monoisotopic (exact) mass is 228 g/mol. The average Bonchev–Trinajstić information content (AvgIpc) is 2.83. The molecule has 0 aliphatic carbocycles. The smallest absolute Gasteiger partial charge is 0.211 e. The van der Waals surface area contributed by atoms with Crippen LogP contribution in [-0.4, -0.2) is 22.0 Å². The van der Waals surface area contributed by atoms with Gasteiger partial charge in [0.2, 0.25) is 5.96 Å². The highest BCUT2D eigenvalue weighted by Crippen LogP contribution is 2.07. The zero-order chi connectivity index (χ0) is 12.1. The number of nitrogens with two attached hydrogens (primary N) is 2. The standard InChI is InChI=1S/C11H12N6/c12-11(13)16-14-8-9-2-4-10(5-3-9)17-7-1-6-15-17/h1-8H,(H4,12,13,16). The molecule has 6 nitrogen and oxygen atoms in total. The van der Waals surface area contributed by atoms with Gasteiger partial charge in [-0.1, -0.05) is 12.1 Å². The van der Waals surface area contributed by atoms with Gasteiger partial charge >= 0.3 is 0 Å². The highest BCUT2D eigenvalue weighted by molar-refractivity contribution is 5.81. The molecule has 0 saturated heterocycles. The molecule has 2 aromatic rings. The van der Waals surface area contributed by atoms with Crippen LogP contribution < -0.4 is 11.5 Å². The molecule has 0 bridgehead atoms. The maximum Gasteiger partial charge on any atom is 0.211 e. The van der Waals surface area contributed by atoms with Crippen molar-refractivity contribution in [2.24, 2.45) is 21.7 Å². The van der Waals surface area contributed by atoms with E-state index in [-0.39, 0.29) is 5.96 Å². The van der Waals surface area contributed by atoms with Gasteiger partial charge in [0, 0.05) is 12.4 Å². The summed E-state index contributed by atoms with van der Waals surface area (Å²) in [7, 11) is 0. The van der Waals surface area contributed by atoms with Gasteiger partial charge in [-0.2, -0.15) is 10.2 Å². The second kappa shape index (κ2) is 4.93. The molecule has 0 aliphatic rings. The molecule has 1 aromatic carbocycles. The summed E-state index contributed by atoms with van der Waals surface area (Å²) in [6.45, 7) is 0. The minimum Gasteiger partial charge on any atom is -0.369 e. The lowest BCUT2D eigenvalue weighted by Gasteiger charge is -2.00. The van der Waals surface area contributed by atoms with Gasteiger partial charge in [0.25, 0.3) is 0 Å². The Morgan fingerprint density at radius 3 is 2.59 bits per heavy atom. The number of nitrogens with zero attached hydrogens (tertiary/aromatic N) is 4. The van der Waals surface area contributed by atoms with Crippen LogP contribution in [0.2, 0.25) is 0 Å². The predicted molar refractivity (Wildman–Crippen MR) is 67.0 cm³/mol. The summed E-state index contributed by atoms with van der Waals surface area (Å²) in [6.07, 6.45) is 5.18. The zero-order valence-electron chi connectivity index (χ0n) is 9.06. The van der Waals surface area contributed by atoms with Crippen LogP contribution in [0.5, 0.6) is 0 Å². The van der Waals surface area contributed by atoms with Crippen molar-refractivity contribution in [3.63, 3.8) is 0 Å². The van der Waals surface area contributed by atoms with E-state index in [1.165, 1.54) is 0 Å². The summed E-state index contributed by atoms with van der Waals surface area (Å²) in [5.41, 5.74) is 12.2. The van der Waals surface area contributed by atoms with E-state index in [2.05, 4.69) is 15.3 Å². The van der Waals surface area contributed by atoms with Gasteiger partial charge in [-0.3, -0.25) is 0 Å². The molecule has 86 valence electrons. The van der Waals surface area contributed by atoms with Crippen molar-refractivity contribution in [3.8, 4) is 5.69 Å². The van der Waals surface area contributed by atoms with Gasteiger partial charge in [-0.05, 0) is 23.8 Å². The Morgan fingerprint density at radius 2 is 2.00 bits per heavy atom. The molecule has 2 rings (SSSR count). The molecule has 0 atom stereocenters. The Kier molecular flexibility index (Phi) is 3.15. The first-order valence-corrected chi connectivity index (χ1v) is 4.98. The van der Waals surface area contributed by atoms with Crippen LogP contribution in [0.1, 0.15) is 5.56 Å². The SMILES string of the molecule is NC(N)=NN=Cc1ccc(-n2cccn2)cc1. The number of rotatable bonds is 3. The van der Waals surface area contributed by atoms with Gasteiger partial charge in [0.05, 0.1) is 11.9 Å². The van der Waals surface area contributed by atoms with Crippen LogP contribution >= 0.6 is 0 Å². The summed E-state index contributed by atoms with van der Waals surface area (Å²) >= 11 is 0. The van der Waals surface area contributed by atoms with Crippen molar-refractivity contribution in [1.29, 1.82) is 0 Å². The van der Waals surface area contributed by atoms with Crippen molar-refractivity contribution in [2.75, 3.05) is 0 Å². The molecule has 0 amide bonds. The van der Waals surface area contributed by atoms with Crippen molar-refractivity contribution in [2.45, 2.75) is 0 Å². The first-order valence-electron chi connectivity index (χ1n) is 4.98. The first-order chi connectivity index (χ1) is 8.25. The fourth-order valence-electron chi connectivity index (χ4n) is 1.30. The zero-order valence-corrected chi connectivity index (χ0v) is 9.06. The van der Waals surface area contributed by atoms with E-state index in [4.69, 9.17) is 11.5 Å².